The van der Waals surface area contributed by atoms with Crippen LogP contribution in [0.3, 0.4) is 0 Å². The lowest BCUT2D eigenvalue weighted by Gasteiger charge is -2.35. The first-order valence-electron chi connectivity index (χ1n) is 19.3. The van der Waals surface area contributed by atoms with Crippen molar-refractivity contribution in [3.8, 4) is 0 Å². The molecule has 0 unspecified atom stereocenters. The number of urea groups is 1. The van der Waals surface area contributed by atoms with Crippen molar-refractivity contribution in [3.63, 3.8) is 0 Å². The number of aliphatic hydroxyl groups is 1. The summed E-state index contributed by atoms with van der Waals surface area (Å²) in [6, 6.07) is 18.5. The molecule has 306 valence electrons. The van der Waals surface area contributed by atoms with Crippen LogP contribution in [0.1, 0.15) is 89.7 Å². The number of hydrogen-bond acceptors (Lipinski definition) is 9. The lowest BCUT2D eigenvalue weighted by molar-refractivity contribution is -0.127. The van der Waals surface area contributed by atoms with E-state index in [1.165, 1.54) is 27.6 Å². The second kappa shape index (κ2) is 19.7. The van der Waals surface area contributed by atoms with Crippen molar-refractivity contribution >= 4 is 28.2 Å². The van der Waals surface area contributed by atoms with Gasteiger partial charge in [-0.05, 0) is 86.8 Å². The SMILES string of the molecule is CN(Cc1cccc(COC(C)(C)C)n1)C(=O)N[C@H](C(=O)N[C@@H](Cc1ccccc1)[C@@H](O)CN(CC1CCCC1)S(=O)(=O)c1ccc(C=NO)cc1)C(C)(C)C. The Morgan fingerprint density at radius 1 is 0.946 bits per heavy atom. The van der Waals surface area contributed by atoms with Gasteiger partial charge >= 0.3 is 6.03 Å². The van der Waals surface area contributed by atoms with Crippen LogP contribution in [0.15, 0.2) is 82.8 Å². The van der Waals surface area contributed by atoms with Gasteiger partial charge in [0.05, 0.1) is 53.4 Å². The monoisotopic (exact) mass is 792 g/mol. The number of carbonyl (C=O) groups excluding carboxylic acids is 2. The number of rotatable bonds is 17. The molecule has 3 atom stereocenters. The Hall–Kier alpha value is -4.37. The molecular weight excluding hydrogens is 733 g/mol. The van der Waals surface area contributed by atoms with Gasteiger partial charge in [-0.2, -0.15) is 4.31 Å². The summed E-state index contributed by atoms with van der Waals surface area (Å²) in [7, 11) is -2.45. The number of hydrogen-bond donors (Lipinski definition) is 4. The second-order valence-corrected chi connectivity index (χ2v) is 18.7. The number of oxime groups is 1. The summed E-state index contributed by atoms with van der Waals surface area (Å²) >= 11 is 0. The molecule has 13 nitrogen and oxygen atoms in total. The van der Waals surface area contributed by atoms with Crippen LogP contribution in [0, 0.1) is 11.3 Å². The van der Waals surface area contributed by atoms with Crippen molar-refractivity contribution in [1.82, 2.24) is 24.8 Å². The quantitative estimate of drug-likeness (QED) is 0.0762. The molecule has 1 saturated carbocycles. The molecule has 1 aliphatic carbocycles. The standard InChI is InChI=1S/C42H60N6O7S/c1-41(2,3)38(46-40(51)47(7)27-33-18-13-19-34(44-33)29-55-42(4,5)6)39(50)45-36(24-30-14-9-8-10-15-30)37(49)28-48(26-32-16-11-12-17-32)56(53,54)35-22-20-31(21-23-35)25-43-52/h8-10,13-15,18-23,25,32,36-38,49,52H,11-12,16-17,24,26-29H2,1-7H3,(H,45,50)(H,46,51)/t36-,37-,38+/m0/s1. The predicted molar refractivity (Wildman–Crippen MR) is 217 cm³/mol. The lowest BCUT2D eigenvalue weighted by atomic mass is 9.85. The summed E-state index contributed by atoms with van der Waals surface area (Å²) in [5.74, 6) is -0.378. The third kappa shape index (κ3) is 13.4. The van der Waals surface area contributed by atoms with Gasteiger partial charge in [0.2, 0.25) is 15.9 Å². The Labute approximate surface area is 332 Å². The first kappa shape index (κ1) is 44.3. The first-order chi connectivity index (χ1) is 26.4. The number of pyridine rings is 1. The number of benzene rings is 2. The summed E-state index contributed by atoms with van der Waals surface area (Å²) in [5.41, 5.74) is 1.69. The average Bonchev–Trinajstić information content (AvgIpc) is 3.66. The van der Waals surface area contributed by atoms with Crippen LogP contribution in [0.25, 0.3) is 0 Å². The molecular formula is C42H60N6O7S. The predicted octanol–water partition coefficient (Wildman–Crippen LogP) is 5.73. The summed E-state index contributed by atoms with van der Waals surface area (Å²) < 4.78 is 35.5. The van der Waals surface area contributed by atoms with Gasteiger partial charge in [-0.15, -0.1) is 0 Å². The van der Waals surface area contributed by atoms with Gasteiger partial charge in [0, 0.05) is 20.1 Å². The summed E-state index contributed by atoms with van der Waals surface area (Å²) in [6.45, 7) is 11.9. The number of nitrogens with zero attached hydrogens (tertiary/aromatic N) is 4. The smallest absolute Gasteiger partial charge is 0.318 e. The zero-order chi connectivity index (χ0) is 41.1. The molecule has 1 aliphatic rings. The molecule has 0 spiro atoms. The Kier molecular flexibility index (Phi) is 15.6. The molecule has 0 bridgehead atoms. The van der Waals surface area contributed by atoms with E-state index in [-0.39, 0.29) is 42.5 Å². The molecule has 56 heavy (non-hydrogen) atoms. The zero-order valence-electron chi connectivity index (χ0n) is 33.8. The van der Waals surface area contributed by atoms with Gasteiger partial charge in [-0.1, -0.05) is 87.3 Å². The zero-order valence-corrected chi connectivity index (χ0v) is 34.6. The molecule has 2 aromatic carbocycles. The van der Waals surface area contributed by atoms with E-state index in [2.05, 4.69) is 20.8 Å². The van der Waals surface area contributed by atoms with Crippen molar-refractivity contribution in [2.45, 2.75) is 115 Å². The fourth-order valence-corrected chi connectivity index (χ4v) is 8.19. The Balaban J connectivity index is 1.55. The number of amides is 3. The van der Waals surface area contributed by atoms with Crippen molar-refractivity contribution in [3.05, 3.63) is 95.3 Å². The molecule has 0 aliphatic heterocycles. The van der Waals surface area contributed by atoms with Crippen LogP contribution in [-0.4, -0.2) is 95.0 Å². The average molecular weight is 793 g/mol. The highest BCUT2D eigenvalue weighted by atomic mass is 32.2. The largest absolute Gasteiger partial charge is 0.411 e. The number of ether oxygens (including phenoxy) is 1. The number of nitrogens with one attached hydrogen (secondary N) is 2. The fourth-order valence-electron chi connectivity index (χ4n) is 6.66. The van der Waals surface area contributed by atoms with Gasteiger partial charge < -0.3 is 30.6 Å². The van der Waals surface area contributed by atoms with Crippen LogP contribution in [-0.2, 0) is 39.1 Å². The van der Waals surface area contributed by atoms with E-state index in [9.17, 15) is 23.1 Å². The Morgan fingerprint density at radius 2 is 1.59 bits per heavy atom. The van der Waals surface area contributed by atoms with Crippen molar-refractivity contribution in [2.24, 2.45) is 16.5 Å². The molecule has 3 aromatic rings. The van der Waals surface area contributed by atoms with E-state index in [1.807, 2.05) is 90.1 Å². The molecule has 14 heteroatoms. The van der Waals surface area contributed by atoms with Crippen molar-refractivity contribution in [2.75, 3.05) is 20.1 Å². The van der Waals surface area contributed by atoms with E-state index in [1.54, 1.807) is 19.2 Å². The van der Waals surface area contributed by atoms with E-state index in [0.29, 0.717) is 17.9 Å². The minimum Gasteiger partial charge on any atom is -0.411 e. The van der Waals surface area contributed by atoms with Crippen LogP contribution in [0.5, 0.6) is 0 Å². The molecule has 1 fully saturated rings. The maximum Gasteiger partial charge on any atom is 0.318 e. The molecule has 1 aromatic heterocycles. The maximum absolute atomic E-state index is 14.2. The van der Waals surface area contributed by atoms with Crippen LogP contribution < -0.4 is 10.6 Å². The van der Waals surface area contributed by atoms with Crippen molar-refractivity contribution in [1.29, 1.82) is 0 Å². The summed E-state index contributed by atoms with van der Waals surface area (Å²) in [6.07, 6.45) is 3.89. The van der Waals surface area contributed by atoms with Gasteiger partial charge in [0.1, 0.15) is 6.04 Å². The minimum absolute atomic E-state index is 0.0428. The second-order valence-electron chi connectivity index (χ2n) is 16.8. The van der Waals surface area contributed by atoms with E-state index in [4.69, 9.17) is 9.94 Å². The summed E-state index contributed by atoms with van der Waals surface area (Å²) in [5, 5.41) is 29.8. The molecule has 4 N–H and O–H groups in total. The van der Waals surface area contributed by atoms with Crippen LogP contribution in [0.2, 0.25) is 0 Å². The molecule has 0 radical (unpaired) electrons. The lowest BCUT2D eigenvalue weighted by Crippen LogP contribution is -2.60. The highest BCUT2D eigenvalue weighted by Crippen LogP contribution is 2.29. The van der Waals surface area contributed by atoms with E-state index >= 15 is 0 Å². The number of sulfonamides is 1. The number of aliphatic hydroxyl groups excluding tert-OH is 1. The van der Waals surface area contributed by atoms with Gasteiger partial charge in [0.15, 0.2) is 0 Å². The molecule has 3 amide bonds. The number of aromatic nitrogens is 1. The highest BCUT2D eigenvalue weighted by Gasteiger charge is 2.38. The third-order valence-electron chi connectivity index (χ3n) is 9.80. The summed E-state index contributed by atoms with van der Waals surface area (Å²) in [4.78, 5) is 34.0. The topological polar surface area (TPSA) is 174 Å². The first-order valence-corrected chi connectivity index (χ1v) is 20.7. The fraction of sp³-hybridized carbons (Fsp3) is 0.524. The highest BCUT2D eigenvalue weighted by molar-refractivity contribution is 7.89. The Morgan fingerprint density at radius 3 is 2.20 bits per heavy atom. The normalized spacial score (nSPS) is 15.8. The number of carbonyl (C=O) groups is 2. The van der Waals surface area contributed by atoms with Gasteiger partial charge in [-0.3, -0.25) is 9.78 Å². The van der Waals surface area contributed by atoms with E-state index in [0.717, 1.165) is 36.9 Å². The third-order valence-corrected chi connectivity index (χ3v) is 11.6. The van der Waals surface area contributed by atoms with Crippen molar-refractivity contribution < 1.29 is 33.1 Å². The minimum atomic E-state index is -4.07. The molecule has 4 rings (SSSR count). The Bertz CT molecular complexity index is 1850. The van der Waals surface area contributed by atoms with Crippen LogP contribution >= 0.6 is 0 Å². The maximum atomic E-state index is 14.2. The van der Waals surface area contributed by atoms with Gasteiger partial charge in [0.25, 0.3) is 0 Å². The van der Waals surface area contributed by atoms with Gasteiger partial charge in [-0.25, -0.2) is 13.2 Å². The van der Waals surface area contributed by atoms with E-state index < -0.39 is 45.6 Å². The molecule has 1 heterocycles. The van der Waals surface area contributed by atoms with Crippen LogP contribution in [0.4, 0.5) is 4.79 Å². The molecule has 0 saturated heterocycles.